The third-order valence-electron chi connectivity index (χ3n) is 3.19. The van der Waals surface area contributed by atoms with E-state index in [0.29, 0.717) is 23.0 Å². The molecule has 2 rings (SSSR count). The molecule has 0 saturated carbocycles. The Morgan fingerprint density at radius 2 is 1.68 bits per heavy atom. The molecule has 118 valence electrons. The summed E-state index contributed by atoms with van der Waals surface area (Å²) in [7, 11) is 4.67. The fraction of sp³-hybridized carbons (Fsp3) is 0.312. The van der Waals surface area contributed by atoms with Crippen molar-refractivity contribution >= 4 is 5.91 Å². The zero-order valence-corrected chi connectivity index (χ0v) is 13.1. The molecular formula is C16H19NO5. The molecule has 6 nitrogen and oxygen atoms in total. The number of carbonyl (C=O) groups is 1. The highest BCUT2D eigenvalue weighted by Gasteiger charge is 2.14. The molecule has 0 aliphatic rings. The van der Waals surface area contributed by atoms with Crippen molar-refractivity contribution in [2.24, 2.45) is 0 Å². The number of hydrogen-bond donors (Lipinski definition) is 1. The predicted molar refractivity (Wildman–Crippen MR) is 80.7 cm³/mol. The second-order valence-corrected chi connectivity index (χ2v) is 4.61. The highest BCUT2D eigenvalue weighted by atomic mass is 16.5. The van der Waals surface area contributed by atoms with E-state index in [0.717, 1.165) is 5.56 Å². The molecule has 0 atom stereocenters. The van der Waals surface area contributed by atoms with Crippen LogP contribution in [-0.2, 0) is 6.54 Å². The van der Waals surface area contributed by atoms with Gasteiger partial charge in [-0.3, -0.25) is 4.79 Å². The van der Waals surface area contributed by atoms with Crippen molar-refractivity contribution in [3.05, 3.63) is 41.3 Å². The molecule has 1 aromatic heterocycles. The maximum Gasteiger partial charge on any atom is 0.287 e. The Morgan fingerprint density at radius 1 is 1.05 bits per heavy atom. The Balaban J connectivity index is 2.16. The Labute approximate surface area is 129 Å². The van der Waals surface area contributed by atoms with Crippen molar-refractivity contribution in [2.75, 3.05) is 21.3 Å². The Morgan fingerprint density at radius 3 is 2.23 bits per heavy atom. The Hall–Kier alpha value is -2.63. The number of aryl methyl sites for hydroxylation is 1. The molecule has 22 heavy (non-hydrogen) atoms. The monoisotopic (exact) mass is 305 g/mol. The first-order valence-corrected chi connectivity index (χ1v) is 6.72. The number of furan rings is 1. The average molecular weight is 305 g/mol. The lowest BCUT2D eigenvalue weighted by Gasteiger charge is -2.14. The van der Waals surface area contributed by atoms with Crippen LogP contribution in [0.15, 0.2) is 28.7 Å². The minimum Gasteiger partial charge on any atom is -0.496 e. The van der Waals surface area contributed by atoms with Gasteiger partial charge >= 0.3 is 0 Å². The van der Waals surface area contributed by atoms with E-state index in [4.69, 9.17) is 18.6 Å². The van der Waals surface area contributed by atoms with Crippen LogP contribution in [0.3, 0.4) is 0 Å². The van der Waals surface area contributed by atoms with Crippen molar-refractivity contribution < 1.29 is 23.4 Å². The minimum atomic E-state index is -0.287. The number of nitrogens with one attached hydrogen (secondary N) is 1. The molecular weight excluding hydrogens is 286 g/mol. The van der Waals surface area contributed by atoms with Gasteiger partial charge < -0.3 is 23.9 Å². The Bertz CT molecular complexity index is 663. The molecule has 0 fully saturated rings. The molecule has 0 unspecified atom stereocenters. The minimum absolute atomic E-state index is 0.275. The van der Waals surface area contributed by atoms with Crippen LogP contribution in [0.2, 0.25) is 0 Å². The third kappa shape index (κ3) is 3.33. The van der Waals surface area contributed by atoms with E-state index in [2.05, 4.69) is 5.32 Å². The zero-order chi connectivity index (χ0) is 16.1. The number of benzene rings is 1. The van der Waals surface area contributed by atoms with Gasteiger partial charge in [-0.2, -0.15) is 0 Å². The first-order valence-electron chi connectivity index (χ1n) is 6.72. The van der Waals surface area contributed by atoms with Gasteiger partial charge in [0.1, 0.15) is 11.5 Å². The van der Waals surface area contributed by atoms with E-state index < -0.39 is 0 Å². The van der Waals surface area contributed by atoms with Crippen molar-refractivity contribution in [3.63, 3.8) is 0 Å². The number of rotatable bonds is 6. The van der Waals surface area contributed by atoms with Gasteiger partial charge in [0.05, 0.1) is 21.3 Å². The highest BCUT2D eigenvalue weighted by molar-refractivity contribution is 5.91. The van der Waals surface area contributed by atoms with Gasteiger partial charge in [-0.25, -0.2) is 0 Å². The number of methoxy groups -OCH3 is 3. The lowest BCUT2D eigenvalue weighted by atomic mass is 10.1. The van der Waals surface area contributed by atoms with Crippen molar-refractivity contribution in [3.8, 4) is 17.2 Å². The molecule has 0 spiro atoms. The molecule has 0 bridgehead atoms. The summed E-state index contributed by atoms with van der Waals surface area (Å²) in [5.41, 5.74) is 0.775. The maximum absolute atomic E-state index is 12.0. The molecule has 0 aliphatic heterocycles. The van der Waals surface area contributed by atoms with Crippen LogP contribution in [0, 0.1) is 6.92 Å². The van der Waals surface area contributed by atoms with Crippen molar-refractivity contribution in [1.29, 1.82) is 0 Å². The van der Waals surface area contributed by atoms with E-state index in [1.54, 1.807) is 52.5 Å². The maximum atomic E-state index is 12.0. The smallest absolute Gasteiger partial charge is 0.287 e. The molecule has 1 heterocycles. The van der Waals surface area contributed by atoms with E-state index in [1.165, 1.54) is 0 Å². The average Bonchev–Trinajstić information content (AvgIpc) is 2.98. The summed E-state index contributed by atoms with van der Waals surface area (Å²) >= 11 is 0. The van der Waals surface area contributed by atoms with Crippen molar-refractivity contribution in [1.82, 2.24) is 5.32 Å². The summed E-state index contributed by atoms with van der Waals surface area (Å²) < 4.78 is 21.1. The molecule has 0 saturated heterocycles. The second kappa shape index (κ2) is 6.89. The van der Waals surface area contributed by atoms with E-state index in [1.807, 2.05) is 0 Å². The van der Waals surface area contributed by atoms with Gasteiger partial charge in [0.25, 0.3) is 5.91 Å². The first-order chi connectivity index (χ1) is 10.6. The fourth-order valence-corrected chi connectivity index (χ4v) is 2.05. The molecule has 0 aliphatic carbocycles. The largest absolute Gasteiger partial charge is 0.496 e. The lowest BCUT2D eigenvalue weighted by Crippen LogP contribution is -2.22. The van der Waals surface area contributed by atoms with E-state index >= 15 is 0 Å². The van der Waals surface area contributed by atoms with Crippen LogP contribution < -0.4 is 19.5 Å². The quantitative estimate of drug-likeness (QED) is 0.888. The Kier molecular flexibility index (Phi) is 4.93. The number of hydrogen-bond acceptors (Lipinski definition) is 5. The number of carbonyl (C=O) groups excluding carboxylic acids is 1. The molecule has 0 radical (unpaired) electrons. The summed E-state index contributed by atoms with van der Waals surface area (Å²) in [5, 5.41) is 2.78. The molecule has 1 amide bonds. The fourth-order valence-electron chi connectivity index (χ4n) is 2.05. The van der Waals surface area contributed by atoms with Gasteiger partial charge in [-0.1, -0.05) is 0 Å². The molecule has 2 aromatic rings. The summed E-state index contributed by atoms with van der Waals surface area (Å²) in [6, 6.07) is 6.87. The number of amides is 1. The van der Waals surface area contributed by atoms with Gasteiger partial charge in [-0.15, -0.1) is 0 Å². The molecule has 1 N–H and O–H groups in total. The highest BCUT2D eigenvalue weighted by Crippen LogP contribution is 2.34. The van der Waals surface area contributed by atoms with Crippen LogP contribution in [0.25, 0.3) is 0 Å². The summed E-state index contributed by atoms with van der Waals surface area (Å²) in [4.78, 5) is 12.0. The van der Waals surface area contributed by atoms with Gasteiger partial charge in [0.2, 0.25) is 0 Å². The van der Waals surface area contributed by atoms with Gasteiger partial charge in [0.15, 0.2) is 17.3 Å². The molecule has 1 aromatic carbocycles. The SMILES string of the molecule is COc1cc(OC)c(OC)cc1CNC(=O)c1ccc(C)o1. The normalized spacial score (nSPS) is 10.2. The third-order valence-corrected chi connectivity index (χ3v) is 3.19. The van der Waals surface area contributed by atoms with Crippen LogP contribution in [0.5, 0.6) is 17.2 Å². The summed E-state index contributed by atoms with van der Waals surface area (Å²) in [5.74, 6) is 2.42. The number of ether oxygens (including phenoxy) is 3. The van der Waals surface area contributed by atoms with Crippen LogP contribution in [0.4, 0.5) is 0 Å². The zero-order valence-electron chi connectivity index (χ0n) is 13.1. The lowest BCUT2D eigenvalue weighted by molar-refractivity contribution is 0.0921. The summed E-state index contributed by atoms with van der Waals surface area (Å²) in [6.45, 7) is 2.07. The second-order valence-electron chi connectivity index (χ2n) is 4.61. The van der Waals surface area contributed by atoms with Crippen molar-refractivity contribution in [2.45, 2.75) is 13.5 Å². The van der Waals surface area contributed by atoms with Crippen LogP contribution in [0.1, 0.15) is 21.9 Å². The van der Waals surface area contributed by atoms with E-state index in [9.17, 15) is 4.79 Å². The topological polar surface area (TPSA) is 69.9 Å². The predicted octanol–water partition coefficient (Wildman–Crippen LogP) is 2.54. The van der Waals surface area contributed by atoms with E-state index in [-0.39, 0.29) is 18.2 Å². The summed E-state index contributed by atoms with van der Waals surface area (Å²) in [6.07, 6.45) is 0. The first kappa shape index (κ1) is 15.8. The standard InChI is InChI=1S/C16H19NO5/c1-10-5-6-12(22-10)16(18)17-9-11-7-14(20-3)15(21-4)8-13(11)19-2/h5-8H,9H2,1-4H3,(H,17,18). The van der Waals surface area contributed by atoms with Crippen LogP contribution >= 0.6 is 0 Å². The van der Waals surface area contributed by atoms with Gasteiger partial charge in [0, 0.05) is 18.2 Å². The van der Waals surface area contributed by atoms with Gasteiger partial charge in [-0.05, 0) is 25.1 Å². The van der Waals surface area contributed by atoms with Crippen LogP contribution in [-0.4, -0.2) is 27.2 Å². The molecule has 6 heteroatoms.